The minimum absolute atomic E-state index is 0. The molecule has 254 valence electrons. The topological polar surface area (TPSA) is 124 Å². The molecule has 0 aliphatic rings. The summed E-state index contributed by atoms with van der Waals surface area (Å²) in [7, 11) is -11.9. The Balaban J connectivity index is 0. The van der Waals surface area contributed by atoms with Gasteiger partial charge in [0.15, 0.2) is 0 Å². The zero-order chi connectivity index (χ0) is 32.9. The summed E-state index contributed by atoms with van der Waals surface area (Å²) in [5.41, 5.74) is 2.35. The van der Waals surface area contributed by atoms with Crippen molar-refractivity contribution in [3.63, 3.8) is 0 Å². The van der Waals surface area contributed by atoms with Crippen LogP contribution in [0.3, 0.4) is 0 Å². The summed E-state index contributed by atoms with van der Waals surface area (Å²) in [6, 6.07) is 15.4. The molecule has 10 nitrogen and oxygen atoms in total. The summed E-state index contributed by atoms with van der Waals surface area (Å²) in [6.45, 7) is 16.0. The highest BCUT2D eigenvalue weighted by Crippen LogP contribution is 2.62. The van der Waals surface area contributed by atoms with Crippen LogP contribution in [0.1, 0.15) is 60.1 Å². The van der Waals surface area contributed by atoms with Gasteiger partial charge in [0.1, 0.15) is 5.90 Å². The maximum Gasteiger partial charge on any atom is 0.521 e. The smallest absolute Gasteiger partial charge is 0.325 e. The van der Waals surface area contributed by atoms with E-state index in [-0.39, 0.29) is 52.3 Å². The molecule has 0 spiro atoms. The van der Waals surface area contributed by atoms with Crippen LogP contribution in [-0.4, -0.2) is 51.4 Å². The highest BCUT2D eigenvalue weighted by atomic mass is 79.9. The maximum atomic E-state index is 13.1. The van der Waals surface area contributed by atoms with Gasteiger partial charge in [0, 0.05) is 9.78 Å². The number of halogens is 1. The Labute approximate surface area is 274 Å². The lowest BCUT2D eigenvalue weighted by Gasteiger charge is -2.23. The fourth-order valence-electron chi connectivity index (χ4n) is 3.29. The Morgan fingerprint density at radius 1 is 0.614 bits per heavy atom. The summed E-state index contributed by atoms with van der Waals surface area (Å²) in [4.78, 5) is 0. The van der Waals surface area contributed by atoms with Crippen LogP contribution in [-0.2, 0) is 45.4 Å². The van der Waals surface area contributed by atoms with E-state index in [0.717, 1.165) is 10.0 Å². The fourth-order valence-corrected chi connectivity index (χ4v) is 12.3. The van der Waals surface area contributed by atoms with Crippen LogP contribution < -0.4 is 5.30 Å². The third-order valence-corrected chi connectivity index (χ3v) is 15.6. The van der Waals surface area contributed by atoms with Gasteiger partial charge in [-0.2, -0.15) is 0 Å². The maximum absolute atomic E-state index is 13.1. The normalized spacial score (nSPS) is 12.9. The molecule has 0 N–H and O–H groups in total. The molecule has 0 saturated carbocycles. The molecule has 2 unspecified atom stereocenters. The van der Waals surface area contributed by atoms with Crippen molar-refractivity contribution in [3.8, 4) is 0 Å². The number of benzene rings is 2. The van der Waals surface area contributed by atoms with Crippen molar-refractivity contribution in [2.24, 2.45) is 0 Å². The molecular formula is C29H52BrO10P4+. The van der Waals surface area contributed by atoms with Crippen LogP contribution in [0.2, 0.25) is 0 Å². The highest BCUT2D eigenvalue weighted by molar-refractivity contribution is 9.10. The van der Waals surface area contributed by atoms with Crippen LogP contribution >= 0.6 is 46.5 Å². The molecule has 0 aromatic heterocycles. The first-order chi connectivity index (χ1) is 20.3. The van der Waals surface area contributed by atoms with Gasteiger partial charge in [-0.1, -0.05) is 58.7 Å². The second kappa shape index (κ2) is 24.6. The number of rotatable bonds is 17. The Bertz CT molecular complexity index is 1150. The Hall–Kier alpha value is -0.530. The first-order valence-electron chi connectivity index (χ1n) is 14.1. The Kier molecular flexibility index (Phi) is 25.5. The molecule has 0 heterocycles. The minimum Gasteiger partial charge on any atom is -0.325 e. The molecule has 0 amide bonds. The van der Waals surface area contributed by atoms with Gasteiger partial charge in [0.2, 0.25) is 7.37 Å². The van der Waals surface area contributed by atoms with E-state index in [4.69, 9.17) is 27.1 Å². The van der Waals surface area contributed by atoms with E-state index < -0.39 is 30.6 Å². The molecule has 15 heteroatoms. The van der Waals surface area contributed by atoms with Crippen molar-refractivity contribution >= 4 is 51.8 Å². The SMILES string of the molecule is C.CCOP(=O)(CP(=O)(OCC)c1ccc(C)cc1)OCC.CCO[P+](=O)CP(=O)(OCC)OCC.Cc1ccc(Br)cc1. The van der Waals surface area contributed by atoms with Gasteiger partial charge < -0.3 is 22.6 Å². The van der Waals surface area contributed by atoms with Crippen LogP contribution in [0.4, 0.5) is 0 Å². The van der Waals surface area contributed by atoms with Crippen molar-refractivity contribution < 1.29 is 45.4 Å². The van der Waals surface area contributed by atoms with Crippen molar-refractivity contribution in [3.05, 3.63) is 64.1 Å². The predicted molar refractivity (Wildman–Crippen MR) is 186 cm³/mol. The Morgan fingerprint density at radius 2 is 1.00 bits per heavy atom. The third-order valence-electron chi connectivity index (χ3n) is 5.00. The number of hydrogen-bond donors (Lipinski definition) is 0. The average molecular weight is 765 g/mol. The fraction of sp³-hybridized carbons (Fsp3) is 0.586. The van der Waals surface area contributed by atoms with E-state index in [1.165, 1.54) is 5.56 Å². The molecular weight excluding hydrogens is 712 g/mol. The lowest BCUT2D eigenvalue weighted by atomic mass is 10.2. The molecule has 0 radical (unpaired) electrons. The minimum atomic E-state index is -3.44. The van der Waals surface area contributed by atoms with Gasteiger partial charge >= 0.3 is 23.2 Å². The largest absolute Gasteiger partial charge is 0.521 e. The van der Waals surface area contributed by atoms with Crippen LogP contribution in [0.15, 0.2) is 53.0 Å². The van der Waals surface area contributed by atoms with Gasteiger partial charge in [0.25, 0.3) is 5.90 Å². The summed E-state index contributed by atoms with van der Waals surface area (Å²) in [5.74, 6) is -0.406. The summed E-state index contributed by atoms with van der Waals surface area (Å²) in [6.07, 6.45) is 0. The molecule has 0 fully saturated rings. The summed E-state index contributed by atoms with van der Waals surface area (Å²) >= 11 is 3.35. The quantitative estimate of drug-likeness (QED) is 0.144. The highest BCUT2D eigenvalue weighted by Gasteiger charge is 2.38. The zero-order valence-electron chi connectivity index (χ0n) is 26.5. The molecule has 2 rings (SSSR count). The third kappa shape index (κ3) is 19.2. The lowest BCUT2D eigenvalue weighted by molar-refractivity contribution is 0.221. The second-order valence-corrected chi connectivity index (χ2v) is 18.3. The van der Waals surface area contributed by atoms with E-state index in [1.807, 2.05) is 31.2 Å². The molecule has 0 bridgehead atoms. The zero-order valence-corrected chi connectivity index (χ0v) is 31.7. The number of aryl methyl sites for hydroxylation is 2. The standard InChI is InChI=1S/C14H24O5P2.C7H7Br.C7H17O5P2.CH4/c1-5-17-20(15,14-10-8-13(4)9-11-14)12-21(16,18-6-2)19-7-3;1-6-2-4-7(8)5-3-6;1-4-10-13(8)7-14(9,11-5-2)12-6-3;/h8-11H,5-7,12H2,1-4H3;2-5H,1H3;4-7H2,1-3H3;1H4/q;;+1;. The molecule has 0 aliphatic carbocycles. The van der Waals surface area contributed by atoms with Gasteiger partial charge in [0.05, 0.1) is 39.6 Å². The van der Waals surface area contributed by atoms with Crippen molar-refractivity contribution in [1.29, 1.82) is 0 Å². The van der Waals surface area contributed by atoms with Crippen LogP contribution in [0, 0.1) is 13.8 Å². The van der Waals surface area contributed by atoms with E-state index in [2.05, 4.69) is 35.0 Å². The lowest BCUT2D eigenvalue weighted by Crippen LogP contribution is -2.13. The van der Waals surface area contributed by atoms with E-state index in [1.54, 1.807) is 53.7 Å². The van der Waals surface area contributed by atoms with E-state index in [9.17, 15) is 18.3 Å². The second-order valence-electron chi connectivity index (χ2n) is 8.65. The van der Waals surface area contributed by atoms with Crippen molar-refractivity contribution in [2.75, 3.05) is 51.4 Å². The first-order valence-corrected chi connectivity index (χ1v) is 21.5. The van der Waals surface area contributed by atoms with Crippen molar-refractivity contribution in [2.45, 2.75) is 62.8 Å². The van der Waals surface area contributed by atoms with Crippen LogP contribution in [0.25, 0.3) is 0 Å². The Morgan fingerprint density at radius 3 is 1.36 bits per heavy atom. The van der Waals surface area contributed by atoms with Gasteiger partial charge in [-0.3, -0.25) is 13.7 Å². The molecule has 2 aromatic rings. The predicted octanol–water partition coefficient (Wildman–Crippen LogP) is 10.5. The summed E-state index contributed by atoms with van der Waals surface area (Å²) in [5, 5.41) is 0.537. The van der Waals surface area contributed by atoms with Crippen molar-refractivity contribution in [1.82, 2.24) is 0 Å². The first kappa shape index (κ1) is 45.6. The van der Waals surface area contributed by atoms with Gasteiger partial charge in [-0.05, 0) is 84.2 Å². The van der Waals surface area contributed by atoms with E-state index >= 15 is 0 Å². The molecule has 44 heavy (non-hydrogen) atoms. The molecule has 0 saturated heterocycles. The van der Waals surface area contributed by atoms with Gasteiger partial charge in [-0.15, -0.1) is 4.52 Å². The molecule has 0 aliphatic heterocycles. The molecule has 2 aromatic carbocycles. The van der Waals surface area contributed by atoms with Crippen LogP contribution in [0.5, 0.6) is 0 Å². The molecule has 2 atom stereocenters. The monoisotopic (exact) mass is 763 g/mol. The average Bonchev–Trinajstić information content (AvgIpc) is 2.92. The van der Waals surface area contributed by atoms with Gasteiger partial charge in [-0.25, -0.2) is 0 Å². The number of hydrogen-bond acceptors (Lipinski definition) is 10. The summed E-state index contributed by atoms with van der Waals surface area (Å²) < 4.78 is 80.6. The van der Waals surface area contributed by atoms with E-state index in [0.29, 0.717) is 11.9 Å².